The molecule has 1 nitrogen and oxygen atoms in total. The molecule has 1 heterocycles. The van der Waals surface area contributed by atoms with E-state index < -0.39 is 84.1 Å². The Hall–Kier alpha value is -6.44. The Morgan fingerprint density at radius 1 is 0.367 bits per heavy atom. The van der Waals surface area contributed by atoms with Crippen LogP contribution in [0.15, 0.2) is 186 Å². The van der Waals surface area contributed by atoms with E-state index >= 15 is 0 Å². The summed E-state index contributed by atoms with van der Waals surface area (Å²) in [5.74, 6) is 0.246. The van der Waals surface area contributed by atoms with Gasteiger partial charge in [0.1, 0.15) is 11.3 Å². The molecular weight excluding hydrogens is 593 g/mol. The van der Waals surface area contributed by atoms with Crippen LogP contribution < -0.4 is 0 Å². The van der Waals surface area contributed by atoms with Gasteiger partial charge in [-0.3, -0.25) is 0 Å². The highest BCUT2D eigenvalue weighted by Crippen LogP contribution is 2.51. The SMILES string of the molecule is [2H]c1c([2H])c([2H])c(-c2c3c([2H])c([2H])c([2H])c([2H])c3c(-c3c(-c4ccc5ccc6ccccc6c5c4)oc4c(-c5ccccc5)cccc34)c3c([2H])c([2H])c([2H])c([2H])c23)c([2H])c1[2H]. The van der Waals surface area contributed by atoms with E-state index in [1.165, 1.54) is 0 Å². The van der Waals surface area contributed by atoms with Crippen molar-refractivity contribution >= 4 is 54.1 Å². The van der Waals surface area contributed by atoms with E-state index in [2.05, 4.69) is 0 Å². The van der Waals surface area contributed by atoms with Crippen molar-refractivity contribution in [2.45, 2.75) is 0 Å². The van der Waals surface area contributed by atoms with Gasteiger partial charge in [-0.15, -0.1) is 0 Å². The molecular formula is C48H30O. The van der Waals surface area contributed by atoms with Crippen LogP contribution in [-0.2, 0) is 0 Å². The number of hydrogen-bond donors (Lipinski definition) is 0. The zero-order valence-electron chi connectivity index (χ0n) is 38.7. The zero-order valence-corrected chi connectivity index (χ0v) is 25.7. The highest BCUT2D eigenvalue weighted by Gasteiger charge is 2.25. The van der Waals surface area contributed by atoms with Crippen LogP contribution in [0, 0.1) is 0 Å². The van der Waals surface area contributed by atoms with Gasteiger partial charge in [-0.05, 0) is 65.8 Å². The zero-order chi connectivity index (χ0) is 43.6. The normalized spacial score (nSPS) is 15.4. The quantitative estimate of drug-likeness (QED) is 0.139. The molecule has 0 N–H and O–H groups in total. The maximum atomic E-state index is 9.60. The maximum Gasteiger partial charge on any atom is 0.143 e. The molecule has 10 rings (SSSR count). The first-order valence-corrected chi connectivity index (χ1v) is 15.8. The van der Waals surface area contributed by atoms with E-state index in [1.807, 2.05) is 97.1 Å². The second kappa shape index (κ2) is 11.1. The predicted octanol–water partition coefficient (Wildman–Crippen LogP) is 13.7. The summed E-state index contributed by atoms with van der Waals surface area (Å²) in [6, 6.07) is 24.1. The lowest BCUT2D eigenvalue weighted by molar-refractivity contribution is 0.633. The predicted molar refractivity (Wildman–Crippen MR) is 208 cm³/mol. The van der Waals surface area contributed by atoms with E-state index in [4.69, 9.17) is 16.8 Å². The Morgan fingerprint density at radius 3 is 1.69 bits per heavy atom. The van der Waals surface area contributed by atoms with Crippen LogP contribution in [0.1, 0.15) is 17.8 Å². The third kappa shape index (κ3) is 4.33. The standard InChI is InChI=1S/C48H30O/c1-3-14-31(15-4-1)37-24-13-25-42-46(47(49-48(37)42)35-29-28-33-27-26-32-16-7-8-19-36(32)43(33)30-35)45-40-22-11-9-20-38(40)44(34-17-5-2-6-18-34)39-21-10-12-23-41(39)45/h1-30H/i2D,5D,6D,9D,10D,11D,12D,17D,18D,20D,21D,22D,23D. The number of rotatable bonds is 4. The number of benzene rings is 9. The number of para-hydroxylation sites is 1. The smallest absolute Gasteiger partial charge is 0.143 e. The molecule has 0 aliphatic heterocycles. The highest BCUT2D eigenvalue weighted by molar-refractivity contribution is 6.25. The van der Waals surface area contributed by atoms with Crippen molar-refractivity contribution in [2.24, 2.45) is 0 Å². The van der Waals surface area contributed by atoms with Crippen molar-refractivity contribution in [3.63, 3.8) is 0 Å². The number of fused-ring (bicyclic) bond motifs is 6. The summed E-state index contributed by atoms with van der Waals surface area (Å²) < 4.78 is 125. The second-order valence-corrected chi connectivity index (χ2v) is 11.8. The molecule has 1 heteroatoms. The molecule has 0 spiro atoms. The molecule has 0 radical (unpaired) electrons. The molecule has 0 fully saturated rings. The fourth-order valence-electron chi connectivity index (χ4n) is 7.06. The summed E-state index contributed by atoms with van der Waals surface area (Å²) in [7, 11) is 0. The van der Waals surface area contributed by atoms with Crippen molar-refractivity contribution in [2.75, 3.05) is 0 Å². The minimum atomic E-state index is -0.728. The van der Waals surface area contributed by atoms with Crippen molar-refractivity contribution in [3.05, 3.63) is 182 Å². The molecule has 49 heavy (non-hydrogen) atoms. The third-order valence-corrected chi connectivity index (χ3v) is 9.18. The van der Waals surface area contributed by atoms with Crippen LogP contribution in [0.25, 0.3) is 98.8 Å². The van der Waals surface area contributed by atoms with Gasteiger partial charge in [0.15, 0.2) is 0 Å². The lowest BCUT2D eigenvalue weighted by Crippen LogP contribution is -1.91. The van der Waals surface area contributed by atoms with E-state index in [9.17, 15) is 5.48 Å². The van der Waals surface area contributed by atoms with Crippen molar-refractivity contribution in [3.8, 4) is 44.7 Å². The minimum Gasteiger partial charge on any atom is -0.455 e. The Kier molecular flexibility index (Phi) is 3.99. The first kappa shape index (κ1) is 17.6. The van der Waals surface area contributed by atoms with Gasteiger partial charge in [-0.1, -0.05) is 176 Å². The molecule has 0 aliphatic rings. The average molecular weight is 636 g/mol. The number of hydrogen-bond acceptors (Lipinski definition) is 1. The monoisotopic (exact) mass is 635 g/mol. The van der Waals surface area contributed by atoms with Crippen molar-refractivity contribution in [1.29, 1.82) is 0 Å². The Bertz CT molecular complexity index is 3510. The molecule has 0 saturated carbocycles. The summed E-state index contributed by atoms with van der Waals surface area (Å²) in [5, 5.41) is 3.33. The maximum absolute atomic E-state index is 9.60. The van der Waals surface area contributed by atoms with Gasteiger partial charge >= 0.3 is 0 Å². The summed E-state index contributed by atoms with van der Waals surface area (Å²) >= 11 is 0. The van der Waals surface area contributed by atoms with Crippen LogP contribution in [0.2, 0.25) is 0 Å². The second-order valence-electron chi connectivity index (χ2n) is 11.8. The molecule has 0 aliphatic carbocycles. The number of furan rings is 1. The molecule has 0 saturated heterocycles. The van der Waals surface area contributed by atoms with Crippen LogP contribution in [-0.4, -0.2) is 0 Å². The van der Waals surface area contributed by atoms with E-state index in [0.717, 1.165) is 27.1 Å². The summed E-state index contributed by atoms with van der Waals surface area (Å²) in [5.41, 5.74) is 1.93. The summed E-state index contributed by atoms with van der Waals surface area (Å²) in [6.07, 6.45) is 0. The molecule has 228 valence electrons. The minimum absolute atomic E-state index is 0.00194. The summed E-state index contributed by atoms with van der Waals surface area (Å²) in [4.78, 5) is 0. The summed E-state index contributed by atoms with van der Waals surface area (Å²) in [6.45, 7) is 0. The molecule has 0 unspecified atom stereocenters. The Labute approximate surface area is 302 Å². The van der Waals surface area contributed by atoms with E-state index in [1.54, 1.807) is 6.07 Å². The van der Waals surface area contributed by atoms with E-state index in [0.29, 0.717) is 22.1 Å². The van der Waals surface area contributed by atoms with Gasteiger partial charge in [0.2, 0.25) is 0 Å². The largest absolute Gasteiger partial charge is 0.455 e. The van der Waals surface area contributed by atoms with Crippen molar-refractivity contribution < 1.29 is 22.2 Å². The first-order valence-electron chi connectivity index (χ1n) is 22.3. The lowest BCUT2D eigenvalue weighted by atomic mass is 9.84. The van der Waals surface area contributed by atoms with Gasteiger partial charge in [0.25, 0.3) is 0 Å². The van der Waals surface area contributed by atoms with E-state index in [-0.39, 0.29) is 44.0 Å². The third-order valence-electron chi connectivity index (χ3n) is 9.18. The van der Waals surface area contributed by atoms with Crippen LogP contribution >= 0.6 is 0 Å². The van der Waals surface area contributed by atoms with Crippen LogP contribution in [0.5, 0.6) is 0 Å². The van der Waals surface area contributed by atoms with Gasteiger partial charge < -0.3 is 4.42 Å². The van der Waals surface area contributed by atoms with Crippen LogP contribution in [0.3, 0.4) is 0 Å². The first-order chi connectivity index (χ1) is 29.7. The molecule has 0 amide bonds. The van der Waals surface area contributed by atoms with Gasteiger partial charge in [-0.25, -0.2) is 0 Å². The van der Waals surface area contributed by atoms with Gasteiger partial charge in [0.05, 0.1) is 17.8 Å². The lowest BCUT2D eigenvalue weighted by Gasteiger charge is -2.18. The van der Waals surface area contributed by atoms with Crippen LogP contribution in [0.4, 0.5) is 0 Å². The average Bonchev–Trinajstić information content (AvgIpc) is 3.69. The molecule has 1 aromatic heterocycles. The fraction of sp³-hybridized carbons (Fsp3) is 0. The molecule has 9 aromatic carbocycles. The van der Waals surface area contributed by atoms with Crippen molar-refractivity contribution in [1.82, 2.24) is 0 Å². The Morgan fingerprint density at radius 2 is 0.959 bits per heavy atom. The molecule has 10 aromatic rings. The Balaban J connectivity index is 1.51. The molecule has 0 bridgehead atoms. The fourth-order valence-corrected chi connectivity index (χ4v) is 7.06. The molecule has 0 atom stereocenters. The highest BCUT2D eigenvalue weighted by atomic mass is 16.3. The van der Waals surface area contributed by atoms with Gasteiger partial charge in [0, 0.05) is 27.6 Å². The van der Waals surface area contributed by atoms with Gasteiger partial charge in [-0.2, -0.15) is 0 Å². The topological polar surface area (TPSA) is 13.1 Å².